The van der Waals surface area contributed by atoms with Crippen LogP contribution in [0.5, 0.6) is 11.5 Å². The van der Waals surface area contributed by atoms with E-state index in [9.17, 15) is 0 Å². The number of allylic oxidation sites excluding steroid dienone is 1. The molecule has 0 amide bonds. The minimum Gasteiger partial charge on any atom is -0.490 e. The van der Waals surface area contributed by atoms with Crippen LogP contribution in [0.2, 0.25) is 0 Å². The first-order valence-electron chi connectivity index (χ1n) is 8.93. The van der Waals surface area contributed by atoms with Crippen molar-refractivity contribution in [3.8, 4) is 11.5 Å². The molecule has 0 aliphatic heterocycles. The van der Waals surface area contributed by atoms with Gasteiger partial charge >= 0.3 is 0 Å². The highest BCUT2D eigenvalue weighted by atomic mass is 16.5. The number of hydrogen-bond acceptors (Lipinski definition) is 3. The smallest absolute Gasteiger partial charge is 0.164 e. The lowest BCUT2D eigenvalue weighted by molar-refractivity contribution is 0.285. The lowest BCUT2D eigenvalue weighted by Gasteiger charge is -2.18. The number of nitrogens with one attached hydrogen (secondary N) is 1. The standard InChI is InChI=1S/C22H29NO2/c1-6-10-19-13-18(14-21(24-7-2)22(19)25-8-3)15-23-20-12-9-11-16(4)17(20)5/h6,9,11-14,23H,1,7-8,10,15H2,2-5H3. The zero-order chi connectivity index (χ0) is 18.2. The molecule has 0 fully saturated rings. The molecule has 2 rings (SSSR count). The van der Waals surface area contributed by atoms with Crippen LogP contribution < -0.4 is 14.8 Å². The normalized spacial score (nSPS) is 10.4. The van der Waals surface area contributed by atoms with E-state index in [1.165, 1.54) is 16.7 Å². The van der Waals surface area contributed by atoms with Gasteiger partial charge in [-0.1, -0.05) is 18.2 Å². The molecule has 0 saturated carbocycles. The average Bonchev–Trinajstić information content (AvgIpc) is 2.59. The molecule has 0 radical (unpaired) electrons. The number of ether oxygens (including phenoxy) is 2. The summed E-state index contributed by atoms with van der Waals surface area (Å²) in [6.45, 7) is 14.1. The van der Waals surface area contributed by atoms with Crippen LogP contribution in [0.3, 0.4) is 0 Å². The Hall–Kier alpha value is -2.42. The van der Waals surface area contributed by atoms with E-state index in [0.717, 1.165) is 35.7 Å². The fourth-order valence-corrected chi connectivity index (χ4v) is 2.84. The second kappa shape index (κ2) is 9.16. The minimum absolute atomic E-state index is 0.613. The van der Waals surface area contributed by atoms with E-state index in [1.807, 2.05) is 19.9 Å². The van der Waals surface area contributed by atoms with Crippen molar-refractivity contribution >= 4 is 5.69 Å². The Labute approximate surface area is 151 Å². The van der Waals surface area contributed by atoms with Crippen LogP contribution >= 0.6 is 0 Å². The lowest BCUT2D eigenvalue weighted by Crippen LogP contribution is -2.06. The summed E-state index contributed by atoms with van der Waals surface area (Å²) in [6.07, 6.45) is 2.65. The number of anilines is 1. The van der Waals surface area contributed by atoms with E-state index in [0.29, 0.717) is 13.2 Å². The van der Waals surface area contributed by atoms with Crippen molar-refractivity contribution in [2.75, 3.05) is 18.5 Å². The lowest BCUT2D eigenvalue weighted by atomic mass is 10.0. The molecule has 0 saturated heterocycles. The second-order valence-corrected chi connectivity index (χ2v) is 6.04. The van der Waals surface area contributed by atoms with Crippen molar-refractivity contribution in [2.24, 2.45) is 0 Å². The van der Waals surface area contributed by atoms with Crippen LogP contribution in [0.4, 0.5) is 5.69 Å². The van der Waals surface area contributed by atoms with Crippen molar-refractivity contribution in [3.05, 3.63) is 65.2 Å². The van der Waals surface area contributed by atoms with Gasteiger partial charge in [0.1, 0.15) is 0 Å². The summed E-state index contributed by atoms with van der Waals surface area (Å²) >= 11 is 0. The van der Waals surface area contributed by atoms with Gasteiger partial charge in [0.15, 0.2) is 11.5 Å². The number of benzene rings is 2. The summed E-state index contributed by atoms with van der Waals surface area (Å²) in [5.41, 5.74) is 6.02. The van der Waals surface area contributed by atoms with Gasteiger partial charge in [0.05, 0.1) is 13.2 Å². The van der Waals surface area contributed by atoms with Gasteiger partial charge in [-0.2, -0.15) is 0 Å². The van der Waals surface area contributed by atoms with Gasteiger partial charge in [0, 0.05) is 17.8 Å². The monoisotopic (exact) mass is 339 g/mol. The third kappa shape index (κ3) is 4.79. The van der Waals surface area contributed by atoms with Gasteiger partial charge in [-0.05, 0) is 69.0 Å². The van der Waals surface area contributed by atoms with Gasteiger partial charge in [-0.15, -0.1) is 6.58 Å². The minimum atomic E-state index is 0.613. The molecule has 0 aromatic heterocycles. The van der Waals surface area contributed by atoms with Crippen molar-refractivity contribution in [1.29, 1.82) is 0 Å². The Morgan fingerprint density at radius 3 is 2.52 bits per heavy atom. The van der Waals surface area contributed by atoms with Crippen molar-refractivity contribution in [1.82, 2.24) is 0 Å². The Morgan fingerprint density at radius 1 is 1.08 bits per heavy atom. The van der Waals surface area contributed by atoms with E-state index in [2.05, 4.69) is 56.1 Å². The second-order valence-electron chi connectivity index (χ2n) is 6.04. The summed E-state index contributed by atoms with van der Waals surface area (Å²) in [5, 5.41) is 3.54. The molecule has 2 aromatic rings. The molecule has 0 aliphatic rings. The zero-order valence-electron chi connectivity index (χ0n) is 15.8. The fraction of sp³-hybridized carbons (Fsp3) is 0.364. The number of aryl methyl sites for hydroxylation is 1. The summed E-state index contributed by atoms with van der Waals surface area (Å²) in [7, 11) is 0. The van der Waals surface area contributed by atoms with Gasteiger partial charge in [0.25, 0.3) is 0 Å². The van der Waals surface area contributed by atoms with Crippen LogP contribution in [-0.2, 0) is 13.0 Å². The Morgan fingerprint density at radius 2 is 1.84 bits per heavy atom. The molecule has 0 aliphatic carbocycles. The summed E-state index contributed by atoms with van der Waals surface area (Å²) < 4.78 is 11.7. The Kier molecular flexibility index (Phi) is 6.93. The third-order valence-electron chi connectivity index (χ3n) is 4.23. The van der Waals surface area contributed by atoms with E-state index < -0.39 is 0 Å². The van der Waals surface area contributed by atoms with Crippen LogP contribution in [0, 0.1) is 13.8 Å². The van der Waals surface area contributed by atoms with Crippen LogP contribution in [0.15, 0.2) is 43.0 Å². The predicted octanol–water partition coefficient (Wildman–Crippen LogP) is 5.44. The van der Waals surface area contributed by atoms with E-state index in [4.69, 9.17) is 9.47 Å². The highest BCUT2D eigenvalue weighted by Gasteiger charge is 2.13. The van der Waals surface area contributed by atoms with Crippen molar-refractivity contribution < 1.29 is 9.47 Å². The van der Waals surface area contributed by atoms with E-state index >= 15 is 0 Å². The molecule has 1 N–H and O–H groups in total. The summed E-state index contributed by atoms with van der Waals surface area (Å²) in [6, 6.07) is 10.6. The van der Waals surface area contributed by atoms with Crippen LogP contribution in [0.25, 0.3) is 0 Å². The summed E-state index contributed by atoms with van der Waals surface area (Å²) in [5.74, 6) is 1.64. The highest BCUT2D eigenvalue weighted by molar-refractivity contribution is 5.55. The molecule has 0 atom stereocenters. The summed E-state index contributed by atoms with van der Waals surface area (Å²) in [4.78, 5) is 0. The van der Waals surface area contributed by atoms with Gasteiger partial charge in [-0.3, -0.25) is 0 Å². The topological polar surface area (TPSA) is 30.5 Å². The van der Waals surface area contributed by atoms with Crippen molar-refractivity contribution in [2.45, 2.75) is 40.7 Å². The molecule has 3 heteroatoms. The molecule has 25 heavy (non-hydrogen) atoms. The highest BCUT2D eigenvalue weighted by Crippen LogP contribution is 2.34. The van der Waals surface area contributed by atoms with Gasteiger partial charge < -0.3 is 14.8 Å². The van der Waals surface area contributed by atoms with Gasteiger partial charge in [0.2, 0.25) is 0 Å². The zero-order valence-corrected chi connectivity index (χ0v) is 15.8. The average molecular weight is 339 g/mol. The predicted molar refractivity (Wildman–Crippen MR) is 106 cm³/mol. The molecule has 3 nitrogen and oxygen atoms in total. The van der Waals surface area contributed by atoms with Gasteiger partial charge in [-0.25, -0.2) is 0 Å². The molecule has 0 spiro atoms. The third-order valence-corrected chi connectivity index (χ3v) is 4.23. The maximum atomic E-state index is 5.83. The SMILES string of the molecule is C=CCc1cc(CNc2cccc(C)c2C)cc(OCC)c1OCC. The maximum Gasteiger partial charge on any atom is 0.164 e. The van der Waals surface area contributed by atoms with Crippen molar-refractivity contribution in [3.63, 3.8) is 0 Å². The molecule has 0 heterocycles. The molecule has 0 bridgehead atoms. The molecule has 0 unspecified atom stereocenters. The molecular formula is C22H29NO2. The quantitative estimate of drug-likeness (QED) is 0.617. The first-order chi connectivity index (χ1) is 12.1. The van der Waals surface area contributed by atoms with E-state index in [-0.39, 0.29) is 0 Å². The fourth-order valence-electron chi connectivity index (χ4n) is 2.84. The Bertz CT molecular complexity index is 722. The van der Waals surface area contributed by atoms with Crippen LogP contribution in [-0.4, -0.2) is 13.2 Å². The van der Waals surface area contributed by atoms with E-state index in [1.54, 1.807) is 0 Å². The van der Waals surface area contributed by atoms with Crippen LogP contribution in [0.1, 0.15) is 36.1 Å². The molecule has 2 aromatic carbocycles. The first-order valence-corrected chi connectivity index (χ1v) is 8.93. The maximum absolute atomic E-state index is 5.83. The number of rotatable bonds is 9. The first kappa shape index (κ1) is 18.9. The molecule has 134 valence electrons. The Balaban J connectivity index is 2.30. The number of hydrogen-bond donors (Lipinski definition) is 1. The largest absolute Gasteiger partial charge is 0.490 e. The molecular weight excluding hydrogens is 310 g/mol.